The molecular weight excluding hydrogens is 599 g/mol. The monoisotopic (exact) mass is 666 g/mol. The molecule has 0 rings (SSSR count). The van der Waals surface area contributed by atoms with E-state index in [1.54, 1.807) is 6.92 Å². The van der Waals surface area contributed by atoms with Gasteiger partial charge in [0.05, 0.1) is 19.8 Å². The summed E-state index contributed by atoms with van der Waals surface area (Å²) in [7, 11) is -4.57. The zero-order valence-electron chi connectivity index (χ0n) is 28.6. The molecule has 3 N–H and O–H groups in total. The zero-order valence-corrected chi connectivity index (χ0v) is 29.5. The van der Waals surface area contributed by atoms with E-state index in [-0.39, 0.29) is 19.4 Å². The quantitative estimate of drug-likeness (QED) is 0.0348. The molecule has 10 nitrogen and oxygen atoms in total. The standard InChI is InChI=1S/C34H67O10P/c1-3-5-6-7-8-9-10-11-12-13-14-15-16-17-18-19-20-21-22-23-24-26-33(37)41-29-32(44-34(38)25-4-2)30-43-45(39,40)42-28-31(36)27-35/h31-32,35-36H,3-30H2,1-2H3,(H,39,40)/t31-,32+/m0/s1. The van der Waals surface area contributed by atoms with Crippen LogP contribution < -0.4 is 0 Å². The molecule has 0 aromatic rings. The van der Waals surface area contributed by atoms with Crippen molar-refractivity contribution in [2.24, 2.45) is 0 Å². The van der Waals surface area contributed by atoms with E-state index < -0.39 is 51.8 Å². The van der Waals surface area contributed by atoms with Gasteiger partial charge in [0.15, 0.2) is 6.10 Å². The van der Waals surface area contributed by atoms with E-state index >= 15 is 0 Å². The molecule has 1 unspecified atom stereocenters. The van der Waals surface area contributed by atoms with Crippen molar-refractivity contribution in [3.63, 3.8) is 0 Å². The first kappa shape index (κ1) is 44.0. The SMILES string of the molecule is CCCCCCCCCCCCCCCCCCCCCCCC(=O)OC[C@H](COP(=O)(O)OC[C@@H](O)CO)OC(=O)CCC. The number of phosphoric acid groups is 1. The second-order valence-corrected chi connectivity index (χ2v) is 13.7. The number of aliphatic hydroxyl groups excluding tert-OH is 2. The van der Waals surface area contributed by atoms with E-state index in [4.69, 9.17) is 19.1 Å². The van der Waals surface area contributed by atoms with Crippen LogP contribution in [0.25, 0.3) is 0 Å². The van der Waals surface area contributed by atoms with Crippen molar-refractivity contribution >= 4 is 19.8 Å². The third-order valence-corrected chi connectivity index (χ3v) is 8.68. The first-order chi connectivity index (χ1) is 21.7. The number of rotatable bonds is 34. The summed E-state index contributed by atoms with van der Waals surface area (Å²) in [5, 5.41) is 18.0. The Balaban J connectivity index is 3.80. The maximum absolute atomic E-state index is 12.2. The van der Waals surface area contributed by atoms with Crippen LogP contribution >= 0.6 is 7.82 Å². The number of unbranched alkanes of at least 4 members (excludes halogenated alkanes) is 20. The highest BCUT2D eigenvalue weighted by molar-refractivity contribution is 7.47. The smallest absolute Gasteiger partial charge is 0.462 e. The normalized spacial score (nSPS) is 14.2. The molecule has 3 atom stereocenters. The van der Waals surface area contributed by atoms with Gasteiger partial charge in [-0.05, 0) is 12.8 Å². The van der Waals surface area contributed by atoms with Gasteiger partial charge in [0, 0.05) is 12.8 Å². The van der Waals surface area contributed by atoms with E-state index in [9.17, 15) is 24.2 Å². The lowest BCUT2D eigenvalue weighted by atomic mass is 10.0. The van der Waals surface area contributed by atoms with Gasteiger partial charge in [0.25, 0.3) is 0 Å². The summed E-state index contributed by atoms with van der Waals surface area (Å²) in [4.78, 5) is 33.8. The Morgan fingerprint density at radius 3 is 1.42 bits per heavy atom. The van der Waals surface area contributed by atoms with Crippen LogP contribution in [0.15, 0.2) is 0 Å². The lowest BCUT2D eigenvalue weighted by Crippen LogP contribution is -2.29. The zero-order chi connectivity index (χ0) is 33.4. The molecule has 0 saturated carbocycles. The lowest BCUT2D eigenvalue weighted by Gasteiger charge is -2.20. The number of hydrogen-bond donors (Lipinski definition) is 3. The summed E-state index contributed by atoms with van der Waals surface area (Å²) < 4.78 is 31.8. The molecular formula is C34H67O10P. The Kier molecular flexibility index (Phi) is 30.8. The average molecular weight is 667 g/mol. The van der Waals surface area contributed by atoms with Crippen LogP contribution in [0.5, 0.6) is 0 Å². The van der Waals surface area contributed by atoms with Crippen molar-refractivity contribution in [3.8, 4) is 0 Å². The summed E-state index contributed by atoms with van der Waals surface area (Å²) in [6.07, 6.45) is 25.7. The van der Waals surface area contributed by atoms with Crippen molar-refractivity contribution < 1.29 is 47.8 Å². The number of carbonyl (C=O) groups excluding carboxylic acids is 2. The average Bonchev–Trinajstić information content (AvgIpc) is 3.02. The number of hydrogen-bond acceptors (Lipinski definition) is 9. The van der Waals surface area contributed by atoms with Gasteiger partial charge in [0.1, 0.15) is 12.7 Å². The van der Waals surface area contributed by atoms with Crippen LogP contribution in [0.1, 0.15) is 168 Å². The van der Waals surface area contributed by atoms with E-state index in [0.717, 1.165) is 12.8 Å². The lowest BCUT2D eigenvalue weighted by molar-refractivity contribution is -0.161. The minimum absolute atomic E-state index is 0.139. The van der Waals surface area contributed by atoms with Crippen molar-refractivity contribution in [2.45, 2.75) is 180 Å². The molecule has 0 spiro atoms. The van der Waals surface area contributed by atoms with Gasteiger partial charge < -0.3 is 24.6 Å². The third-order valence-electron chi connectivity index (χ3n) is 7.73. The van der Waals surface area contributed by atoms with E-state index in [2.05, 4.69) is 11.4 Å². The molecule has 0 aromatic heterocycles. The van der Waals surface area contributed by atoms with Crippen LogP contribution in [-0.2, 0) is 32.7 Å². The summed E-state index contributed by atoms with van der Waals surface area (Å²) in [6, 6.07) is 0. The first-order valence-electron chi connectivity index (χ1n) is 18.0. The second kappa shape index (κ2) is 31.6. The Hall–Kier alpha value is -1.03. The topological polar surface area (TPSA) is 149 Å². The molecule has 0 saturated heterocycles. The van der Waals surface area contributed by atoms with Gasteiger partial charge in [-0.25, -0.2) is 4.57 Å². The summed E-state index contributed by atoms with van der Waals surface area (Å²) >= 11 is 0. The molecule has 0 amide bonds. The van der Waals surface area contributed by atoms with Gasteiger partial charge in [0.2, 0.25) is 0 Å². The third kappa shape index (κ3) is 31.3. The Labute approximate surface area is 273 Å². The minimum atomic E-state index is -4.57. The molecule has 0 heterocycles. The minimum Gasteiger partial charge on any atom is -0.462 e. The number of aliphatic hydroxyl groups is 2. The highest BCUT2D eigenvalue weighted by Crippen LogP contribution is 2.43. The fraction of sp³-hybridized carbons (Fsp3) is 0.941. The molecule has 0 aliphatic rings. The molecule has 0 radical (unpaired) electrons. The predicted molar refractivity (Wildman–Crippen MR) is 178 cm³/mol. The maximum Gasteiger partial charge on any atom is 0.472 e. The van der Waals surface area contributed by atoms with Crippen LogP contribution in [0.3, 0.4) is 0 Å². The van der Waals surface area contributed by atoms with Crippen LogP contribution in [0.2, 0.25) is 0 Å². The molecule has 0 aromatic carbocycles. The van der Waals surface area contributed by atoms with Gasteiger partial charge >= 0.3 is 19.8 Å². The van der Waals surface area contributed by atoms with Gasteiger partial charge in [-0.15, -0.1) is 0 Å². The fourth-order valence-electron chi connectivity index (χ4n) is 4.97. The van der Waals surface area contributed by atoms with Crippen molar-refractivity contribution in [1.82, 2.24) is 0 Å². The summed E-state index contributed by atoms with van der Waals surface area (Å²) in [5.41, 5.74) is 0. The Morgan fingerprint density at radius 2 is 1.00 bits per heavy atom. The van der Waals surface area contributed by atoms with Crippen LogP contribution in [0.4, 0.5) is 0 Å². The van der Waals surface area contributed by atoms with Gasteiger partial charge in [-0.2, -0.15) is 0 Å². The number of esters is 2. The molecule has 11 heteroatoms. The molecule has 45 heavy (non-hydrogen) atoms. The summed E-state index contributed by atoms with van der Waals surface area (Å²) in [5.74, 6) is -0.977. The number of carbonyl (C=O) groups is 2. The highest BCUT2D eigenvalue weighted by Gasteiger charge is 2.27. The molecule has 0 fully saturated rings. The van der Waals surface area contributed by atoms with E-state index in [1.165, 1.54) is 116 Å². The van der Waals surface area contributed by atoms with Crippen molar-refractivity contribution in [2.75, 3.05) is 26.4 Å². The highest BCUT2D eigenvalue weighted by atomic mass is 31.2. The number of phosphoric ester groups is 1. The van der Waals surface area contributed by atoms with Crippen LogP contribution in [-0.4, -0.2) is 65.7 Å². The van der Waals surface area contributed by atoms with Crippen molar-refractivity contribution in [1.29, 1.82) is 0 Å². The predicted octanol–water partition coefficient (Wildman–Crippen LogP) is 8.33. The molecule has 0 aliphatic carbocycles. The molecule has 0 bridgehead atoms. The Bertz CT molecular complexity index is 736. The van der Waals surface area contributed by atoms with Gasteiger partial charge in [-0.1, -0.05) is 142 Å². The Morgan fingerprint density at radius 1 is 0.578 bits per heavy atom. The fourth-order valence-corrected chi connectivity index (χ4v) is 5.76. The second-order valence-electron chi connectivity index (χ2n) is 12.3. The molecule has 268 valence electrons. The van der Waals surface area contributed by atoms with Crippen molar-refractivity contribution in [3.05, 3.63) is 0 Å². The van der Waals surface area contributed by atoms with Gasteiger partial charge in [-0.3, -0.25) is 18.6 Å². The van der Waals surface area contributed by atoms with E-state index in [1.807, 2.05) is 0 Å². The van der Waals surface area contributed by atoms with E-state index in [0.29, 0.717) is 12.8 Å². The van der Waals surface area contributed by atoms with Crippen LogP contribution in [0, 0.1) is 0 Å². The maximum atomic E-state index is 12.2. The summed E-state index contributed by atoms with van der Waals surface area (Å²) in [6.45, 7) is 1.97. The largest absolute Gasteiger partial charge is 0.472 e. The first-order valence-corrected chi connectivity index (χ1v) is 19.5. The number of ether oxygens (including phenoxy) is 2. The molecule has 0 aliphatic heterocycles.